The van der Waals surface area contributed by atoms with Crippen LogP contribution in [0.3, 0.4) is 0 Å². The van der Waals surface area contributed by atoms with Gasteiger partial charge in [0.2, 0.25) is 0 Å². The molecule has 0 radical (unpaired) electrons. The molecule has 2 N–H and O–H groups in total. The number of hydrogen-bond donors (Lipinski definition) is 2. The van der Waals surface area contributed by atoms with Gasteiger partial charge in [-0.2, -0.15) is 0 Å². The molecule has 7 heteroatoms. The Labute approximate surface area is 198 Å². The van der Waals surface area contributed by atoms with Gasteiger partial charge >= 0.3 is 5.97 Å². The summed E-state index contributed by atoms with van der Waals surface area (Å²) in [7, 11) is 1.59. The van der Waals surface area contributed by atoms with Crippen LogP contribution in [-0.4, -0.2) is 52.7 Å². The van der Waals surface area contributed by atoms with E-state index in [1.54, 1.807) is 19.2 Å². The van der Waals surface area contributed by atoms with Gasteiger partial charge in [0.05, 0.1) is 36.5 Å². The van der Waals surface area contributed by atoms with Crippen LogP contribution in [0.4, 0.5) is 0 Å². The van der Waals surface area contributed by atoms with Gasteiger partial charge in [0.25, 0.3) is 5.91 Å². The molecule has 178 valence electrons. The zero-order chi connectivity index (χ0) is 23.8. The third-order valence-electron chi connectivity index (χ3n) is 7.23. The SMILES string of the molecule is COc1cc(C)c2[nH]ccc2c1C(=O)N1CC[C@H](OC2CCC2)C[C@H]1c1ccc(C(=O)O)cc1. The number of nitrogens with zero attached hydrogens (tertiary/aromatic N) is 1. The predicted molar refractivity (Wildman–Crippen MR) is 129 cm³/mol. The molecule has 7 nitrogen and oxygen atoms in total. The van der Waals surface area contributed by atoms with Gasteiger partial charge in [-0.05, 0) is 74.4 Å². The molecule has 3 aromatic rings. The number of carboxylic acids is 1. The van der Waals surface area contributed by atoms with Crippen molar-refractivity contribution in [1.29, 1.82) is 0 Å². The van der Waals surface area contributed by atoms with Gasteiger partial charge in [-0.1, -0.05) is 12.1 Å². The van der Waals surface area contributed by atoms with Crippen LogP contribution >= 0.6 is 0 Å². The monoisotopic (exact) mass is 462 g/mol. The molecule has 2 aliphatic rings. The molecular weight excluding hydrogens is 432 g/mol. The topological polar surface area (TPSA) is 91.9 Å². The summed E-state index contributed by atoms with van der Waals surface area (Å²) in [5.41, 5.74) is 3.64. The third kappa shape index (κ3) is 4.05. The number of aryl methyl sites for hydroxylation is 1. The number of amides is 1. The van der Waals surface area contributed by atoms with Gasteiger partial charge in [0.1, 0.15) is 5.75 Å². The van der Waals surface area contributed by atoms with E-state index >= 15 is 0 Å². The maximum Gasteiger partial charge on any atom is 0.335 e. The molecule has 2 heterocycles. The molecule has 2 atom stereocenters. The van der Waals surface area contributed by atoms with Crippen LogP contribution in [0.1, 0.15) is 70.0 Å². The van der Waals surface area contributed by atoms with Crippen molar-refractivity contribution >= 4 is 22.8 Å². The Balaban J connectivity index is 1.51. The highest BCUT2D eigenvalue weighted by atomic mass is 16.5. The second kappa shape index (κ2) is 9.14. The Morgan fingerprint density at radius 3 is 2.50 bits per heavy atom. The smallest absolute Gasteiger partial charge is 0.335 e. The number of aromatic carboxylic acids is 1. The van der Waals surface area contributed by atoms with Gasteiger partial charge in [-0.25, -0.2) is 4.79 Å². The Morgan fingerprint density at radius 1 is 1.09 bits per heavy atom. The zero-order valence-electron chi connectivity index (χ0n) is 19.5. The molecule has 1 aromatic heterocycles. The van der Waals surface area contributed by atoms with E-state index in [1.807, 2.05) is 42.3 Å². The number of methoxy groups -OCH3 is 1. The van der Waals surface area contributed by atoms with Crippen LogP contribution < -0.4 is 4.74 Å². The lowest BCUT2D eigenvalue weighted by Crippen LogP contribution is -2.44. The van der Waals surface area contributed by atoms with Crippen LogP contribution in [0, 0.1) is 6.92 Å². The summed E-state index contributed by atoms with van der Waals surface area (Å²) in [6, 6.07) is 10.4. The number of aromatic nitrogens is 1. The Bertz CT molecular complexity index is 1210. The molecule has 1 saturated carbocycles. The van der Waals surface area contributed by atoms with Crippen LogP contribution in [0.2, 0.25) is 0 Å². The Kier molecular flexibility index (Phi) is 6.04. The van der Waals surface area contributed by atoms with Crippen molar-refractivity contribution in [3.05, 3.63) is 64.8 Å². The first-order valence-corrected chi connectivity index (χ1v) is 11.9. The molecular formula is C27H30N2O5. The van der Waals surface area contributed by atoms with E-state index in [-0.39, 0.29) is 23.6 Å². The number of aromatic amines is 1. The highest BCUT2D eigenvalue weighted by Crippen LogP contribution is 2.39. The van der Waals surface area contributed by atoms with E-state index in [0.29, 0.717) is 30.4 Å². The molecule has 2 aromatic carbocycles. The van der Waals surface area contributed by atoms with Crippen molar-refractivity contribution < 1.29 is 24.2 Å². The molecule has 1 saturated heterocycles. The second-order valence-electron chi connectivity index (χ2n) is 9.31. The number of rotatable bonds is 6. The largest absolute Gasteiger partial charge is 0.496 e. The summed E-state index contributed by atoms with van der Waals surface area (Å²) in [4.78, 5) is 30.5. The van der Waals surface area contributed by atoms with Crippen molar-refractivity contribution in [1.82, 2.24) is 9.88 Å². The molecule has 0 spiro atoms. The zero-order valence-corrected chi connectivity index (χ0v) is 19.5. The fourth-order valence-electron chi connectivity index (χ4n) is 5.15. The van der Waals surface area contributed by atoms with Gasteiger partial charge in [-0.3, -0.25) is 4.79 Å². The quantitative estimate of drug-likeness (QED) is 0.532. The molecule has 34 heavy (non-hydrogen) atoms. The number of nitrogens with one attached hydrogen (secondary N) is 1. The predicted octanol–water partition coefficient (Wildman–Crippen LogP) is 5.10. The minimum absolute atomic E-state index is 0.0747. The number of H-pyrrole nitrogens is 1. The standard InChI is InChI=1S/C27H30N2O5/c1-16-14-23(33-2)24(21-10-12-28-25(16)21)26(30)29-13-11-20(34-19-4-3-5-19)15-22(29)17-6-8-18(9-7-17)27(31)32/h6-10,12,14,19-20,22,28H,3-5,11,13,15H2,1-2H3,(H,31,32)/t20-,22-/m0/s1. The van der Waals surface area contributed by atoms with Crippen LogP contribution in [-0.2, 0) is 4.74 Å². The van der Waals surface area contributed by atoms with E-state index in [2.05, 4.69) is 4.98 Å². The number of ether oxygens (including phenoxy) is 2. The van der Waals surface area contributed by atoms with Crippen LogP contribution in [0.15, 0.2) is 42.6 Å². The molecule has 0 unspecified atom stereocenters. The minimum atomic E-state index is -0.964. The third-order valence-corrected chi connectivity index (χ3v) is 7.23. The van der Waals surface area contributed by atoms with Gasteiger partial charge < -0.3 is 24.5 Å². The van der Waals surface area contributed by atoms with Crippen molar-refractivity contribution in [3.8, 4) is 5.75 Å². The maximum atomic E-state index is 14.1. The molecule has 0 bridgehead atoms. The summed E-state index contributed by atoms with van der Waals surface area (Å²) in [5.74, 6) is -0.494. The molecule has 1 aliphatic heterocycles. The first-order chi connectivity index (χ1) is 16.5. The summed E-state index contributed by atoms with van der Waals surface area (Å²) >= 11 is 0. The van der Waals surface area contributed by atoms with Crippen LogP contribution in [0.5, 0.6) is 5.75 Å². The number of fused-ring (bicyclic) bond motifs is 1. The lowest BCUT2D eigenvalue weighted by Gasteiger charge is -2.42. The fraction of sp³-hybridized carbons (Fsp3) is 0.407. The number of carbonyl (C=O) groups is 2. The number of benzene rings is 2. The van der Waals surface area contributed by atoms with E-state index in [1.165, 1.54) is 6.42 Å². The Hall–Kier alpha value is -3.32. The van der Waals surface area contributed by atoms with Crippen molar-refractivity contribution in [2.45, 2.75) is 57.3 Å². The average molecular weight is 463 g/mol. The average Bonchev–Trinajstić information content (AvgIpc) is 3.31. The van der Waals surface area contributed by atoms with Gasteiger partial charge in [0.15, 0.2) is 0 Å². The highest BCUT2D eigenvalue weighted by molar-refractivity contribution is 6.09. The number of piperidine rings is 1. The molecule has 5 rings (SSSR count). The number of carboxylic acid groups (broad SMARTS) is 1. The van der Waals surface area contributed by atoms with Gasteiger partial charge in [-0.15, -0.1) is 0 Å². The Morgan fingerprint density at radius 2 is 1.85 bits per heavy atom. The van der Waals surface area contributed by atoms with E-state index in [9.17, 15) is 14.7 Å². The van der Waals surface area contributed by atoms with E-state index in [4.69, 9.17) is 9.47 Å². The summed E-state index contributed by atoms with van der Waals surface area (Å²) in [5, 5.41) is 10.2. The second-order valence-corrected chi connectivity index (χ2v) is 9.31. The van der Waals surface area contributed by atoms with E-state index < -0.39 is 5.97 Å². The van der Waals surface area contributed by atoms with Crippen molar-refractivity contribution in [2.24, 2.45) is 0 Å². The number of hydrogen-bond acceptors (Lipinski definition) is 4. The van der Waals surface area contributed by atoms with Gasteiger partial charge in [0, 0.05) is 23.6 Å². The first kappa shape index (κ1) is 22.5. The molecule has 2 fully saturated rings. The first-order valence-electron chi connectivity index (χ1n) is 11.9. The highest BCUT2D eigenvalue weighted by Gasteiger charge is 2.37. The molecule has 1 aliphatic carbocycles. The summed E-state index contributed by atoms with van der Waals surface area (Å²) in [6.45, 7) is 2.55. The normalized spacial score (nSPS) is 20.8. The van der Waals surface area contributed by atoms with E-state index in [0.717, 1.165) is 41.3 Å². The van der Waals surface area contributed by atoms with Crippen LogP contribution in [0.25, 0.3) is 10.9 Å². The molecule has 1 amide bonds. The summed E-state index contributed by atoms with van der Waals surface area (Å²) < 4.78 is 12.0. The minimum Gasteiger partial charge on any atom is -0.496 e. The fourth-order valence-corrected chi connectivity index (χ4v) is 5.15. The van der Waals surface area contributed by atoms with Crippen molar-refractivity contribution in [3.63, 3.8) is 0 Å². The lowest BCUT2D eigenvalue weighted by atomic mass is 9.90. The number of likely N-dealkylation sites (tertiary alicyclic amines) is 1. The lowest BCUT2D eigenvalue weighted by molar-refractivity contribution is -0.0809. The van der Waals surface area contributed by atoms with Crippen molar-refractivity contribution in [2.75, 3.05) is 13.7 Å². The number of carbonyl (C=O) groups excluding carboxylic acids is 1. The summed E-state index contributed by atoms with van der Waals surface area (Å²) in [6.07, 6.45) is 7.10. The maximum absolute atomic E-state index is 14.1.